The van der Waals surface area contributed by atoms with Gasteiger partial charge in [-0.05, 0) is 22.9 Å². The first-order chi connectivity index (χ1) is 7.08. The van der Waals surface area contributed by atoms with Crippen LogP contribution in [0, 0.1) is 0 Å². The molecule has 0 bridgehead atoms. The van der Waals surface area contributed by atoms with Crippen LogP contribution in [0.25, 0.3) is 5.78 Å². The van der Waals surface area contributed by atoms with Crippen LogP contribution in [-0.2, 0) is 0 Å². The van der Waals surface area contributed by atoms with Gasteiger partial charge in [-0.1, -0.05) is 0 Å². The molecule has 0 saturated carbocycles. The van der Waals surface area contributed by atoms with E-state index >= 15 is 0 Å². The van der Waals surface area contributed by atoms with Gasteiger partial charge >= 0.3 is 0 Å². The maximum absolute atomic E-state index is 11.6. The normalized spacial score (nSPS) is 13.0. The number of nitrogens with two attached hydrogens (primary N) is 1. The lowest BCUT2D eigenvalue weighted by molar-refractivity contribution is 0.0963. The smallest absolute Gasteiger partial charge is 0.234 e. The molecule has 0 aliphatic heterocycles. The van der Waals surface area contributed by atoms with Crippen LogP contribution in [0.5, 0.6) is 0 Å². The maximum atomic E-state index is 11.6. The average Bonchev–Trinajstić information content (AvgIpc) is 2.58. The number of Topliss-reactive ketones (excluding diaryl/α,β-unsaturated/α-hetero) is 1. The maximum Gasteiger partial charge on any atom is 0.234 e. The van der Waals surface area contributed by atoms with Crippen molar-refractivity contribution < 1.29 is 4.79 Å². The summed E-state index contributed by atoms with van der Waals surface area (Å²) in [6.07, 6.45) is 5.04. The van der Waals surface area contributed by atoms with E-state index in [9.17, 15) is 4.79 Å². The molecule has 15 heavy (non-hydrogen) atoms. The van der Waals surface area contributed by atoms with Crippen molar-refractivity contribution in [1.82, 2.24) is 14.4 Å². The Labute approximate surface area is 94.5 Å². The van der Waals surface area contributed by atoms with E-state index in [4.69, 9.17) is 5.73 Å². The number of halogens is 1. The fraction of sp³-hybridized carbons (Fsp3) is 0.222. The minimum absolute atomic E-state index is 0.184. The number of carbonyl (C=O) groups excluding carboxylic acids is 1. The Morgan fingerprint density at radius 3 is 3.00 bits per heavy atom. The molecule has 0 aliphatic carbocycles. The SMILES string of the molecule is CC(N)C(=O)c1cn2cc(Br)cnc2n1. The Morgan fingerprint density at radius 2 is 2.33 bits per heavy atom. The highest BCUT2D eigenvalue weighted by atomic mass is 79.9. The molecule has 0 aromatic carbocycles. The lowest BCUT2D eigenvalue weighted by Gasteiger charge is -1.97. The van der Waals surface area contributed by atoms with E-state index in [1.54, 1.807) is 29.9 Å². The van der Waals surface area contributed by atoms with Crippen molar-refractivity contribution in [2.45, 2.75) is 13.0 Å². The van der Waals surface area contributed by atoms with Gasteiger partial charge in [0.1, 0.15) is 5.69 Å². The molecule has 1 unspecified atom stereocenters. The Kier molecular flexibility index (Phi) is 2.54. The van der Waals surface area contributed by atoms with Gasteiger partial charge in [-0.3, -0.25) is 9.20 Å². The monoisotopic (exact) mass is 268 g/mol. The van der Waals surface area contributed by atoms with Crippen molar-refractivity contribution >= 4 is 27.5 Å². The van der Waals surface area contributed by atoms with Crippen LogP contribution in [0.15, 0.2) is 23.1 Å². The molecule has 6 heteroatoms. The average molecular weight is 269 g/mol. The molecule has 1 atom stereocenters. The Hall–Kier alpha value is -1.27. The number of carbonyl (C=O) groups is 1. The summed E-state index contributed by atoms with van der Waals surface area (Å²) in [5, 5.41) is 0. The first-order valence-corrected chi connectivity index (χ1v) is 5.17. The molecule has 2 rings (SSSR count). The van der Waals surface area contributed by atoms with Gasteiger partial charge in [0.15, 0.2) is 5.78 Å². The predicted octanol–water partition coefficient (Wildman–Crippen LogP) is 1.02. The summed E-state index contributed by atoms with van der Waals surface area (Å²) in [7, 11) is 0. The molecule has 0 saturated heterocycles. The first-order valence-electron chi connectivity index (χ1n) is 4.38. The number of ketones is 1. The number of nitrogens with zero attached hydrogens (tertiary/aromatic N) is 3. The van der Waals surface area contributed by atoms with Gasteiger partial charge in [-0.25, -0.2) is 9.97 Å². The number of hydrogen-bond acceptors (Lipinski definition) is 4. The van der Waals surface area contributed by atoms with E-state index < -0.39 is 6.04 Å². The molecule has 0 spiro atoms. The van der Waals surface area contributed by atoms with Gasteiger partial charge in [0.25, 0.3) is 0 Å². The van der Waals surface area contributed by atoms with Gasteiger partial charge < -0.3 is 5.73 Å². The minimum Gasteiger partial charge on any atom is -0.321 e. The Bertz CT molecular complexity index is 520. The van der Waals surface area contributed by atoms with Crippen molar-refractivity contribution in [3.05, 3.63) is 28.8 Å². The van der Waals surface area contributed by atoms with E-state index in [0.717, 1.165) is 4.47 Å². The lowest BCUT2D eigenvalue weighted by atomic mass is 10.2. The Morgan fingerprint density at radius 1 is 1.60 bits per heavy atom. The molecule has 0 radical (unpaired) electrons. The quantitative estimate of drug-likeness (QED) is 0.826. The highest BCUT2D eigenvalue weighted by Gasteiger charge is 2.14. The second-order valence-electron chi connectivity index (χ2n) is 3.26. The fourth-order valence-corrected chi connectivity index (χ4v) is 1.53. The molecular formula is C9H9BrN4O. The number of rotatable bonds is 2. The van der Waals surface area contributed by atoms with Crippen molar-refractivity contribution in [1.29, 1.82) is 0 Å². The second kappa shape index (κ2) is 3.71. The summed E-state index contributed by atoms with van der Waals surface area (Å²) in [5.41, 5.74) is 5.83. The van der Waals surface area contributed by atoms with E-state index in [1.165, 1.54) is 0 Å². The zero-order valence-electron chi connectivity index (χ0n) is 8.01. The van der Waals surface area contributed by atoms with Crippen molar-refractivity contribution in [3.63, 3.8) is 0 Å². The van der Waals surface area contributed by atoms with Crippen LogP contribution in [0.1, 0.15) is 17.4 Å². The number of fused-ring (bicyclic) bond motifs is 1. The Balaban J connectivity index is 2.52. The van der Waals surface area contributed by atoms with Crippen LogP contribution in [-0.4, -0.2) is 26.2 Å². The largest absolute Gasteiger partial charge is 0.321 e. The van der Waals surface area contributed by atoms with Crippen LogP contribution in [0.2, 0.25) is 0 Å². The van der Waals surface area contributed by atoms with Crippen LogP contribution in [0.3, 0.4) is 0 Å². The summed E-state index contributed by atoms with van der Waals surface area (Å²) in [6, 6.07) is -0.543. The molecule has 0 fully saturated rings. The highest BCUT2D eigenvalue weighted by molar-refractivity contribution is 9.10. The van der Waals surface area contributed by atoms with Gasteiger partial charge in [0, 0.05) is 18.6 Å². The van der Waals surface area contributed by atoms with Crippen LogP contribution < -0.4 is 5.73 Å². The molecule has 2 N–H and O–H groups in total. The number of aromatic nitrogens is 3. The second-order valence-corrected chi connectivity index (χ2v) is 4.17. The summed E-state index contributed by atoms with van der Waals surface area (Å²) < 4.78 is 2.51. The summed E-state index contributed by atoms with van der Waals surface area (Å²) in [5.74, 6) is 0.304. The van der Waals surface area contributed by atoms with Gasteiger partial charge in [-0.2, -0.15) is 0 Å². The van der Waals surface area contributed by atoms with Crippen molar-refractivity contribution in [2.75, 3.05) is 0 Å². The van der Waals surface area contributed by atoms with E-state index in [-0.39, 0.29) is 5.78 Å². The molecule has 78 valence electrons. The topological polar surface area (TPSA) is 73.3 Å². The van der Waals surface area contributed by atoms with E-state index in [0.29, 0.717) is 11.5 Å². The number of imidazole rings is 1. The molecule has 2 aromatic heterocycles. The molecule has 5 nitrogen and oxygen atoms in total. The van der Waals surface area contributed by atoms with Gasteiger partial charge in [0.2, 0.25) is 5.78 Å². The number of hydrogen-bond donors (Lipinski definition) is 1. The van der Waals surface area contributed by atoms with Crippen LogP contribution in [0.4, 0.5) is 0 Å². The minimum atomic E-state index is -0.543. The lowest BCUT2D eigenvalue weighted by Crippen LogP contribution is -2.26. The van der Waals surface area contributed by atoms with Crippen LogP contribution >= 0.6 is 15.9 Å². The molecule has 2 aromatic rings. The van der Waals surface area contributed by atoms with Gasteiger partial charge in [0.05, 0.1) is 10.5 Å². The third-order valence-corrected chi connectivity index (χ3v) is 2.35. The predicted molar refractivity (Wildman–Crippen MR) is 58.7 cm³/mol. The zero-order chi connectivity index (χ0) is 11.0. The first kappa shape index (κ1) is 10.3. The van der Waals surface area contributed by atoms with Crippen molar-refractivity contribution in [2.24, 2.45) is 5.73 Å². The van der Waals surface area contributed by atoms with Gasteiger partial charge in [-0.15, -0.1) is 0 Å². The fourth-order valence-electron chi connectivity index (χ4n) is 1.21. The molecule has 0 aliphatic rings. The summed E-state index contributed by atoms with van der Waals surface area (Å²) in [4.78, 5) is 19.7. The molecular weight excluding hydrogens is 260 g/mol. The third-order valence-electron chi connectivity index (χ3n) is 1.94. The molecule has 2 heterocycles. The third kappa shape index (κ3) is 1.91. The summed E-state index contributed by atoms with van der Waals surface area (Å²) in [6.45, 7) is 1.63. The van der Waals surface area contributed by atoms with E-state index in [2.05, 4.69) is 25.9 Å². The highest BCUT2D eigenvalue weighted by Crippen LogP contribution is 2.10. The summed E-state index contributed by atoms with van der Waals surface area (Å²) >= 11 is 3.29. The zero-order valence-corrected chi connectivity index (χ0v) is 9.60. The van der Waals surface area contributed by atoms with E-state index in [1.807, 2.05) is 0 Å². The molecule has 0 amide bonds. The van der Waals surface area contributed by atoms with Crippen molar-refractivity contribution in [3.8, 4) is 0 Å². The standard InChI is InChI=1S/C9H9BrN4O/c1-5(11)8(15)7-4-14-3-6(10)2-12-9(14)13-7/h2-5H,11H2,1H3.